The van der Waals surface area contributed by atoms with Gasteiger partial charge in [-0.1, -0.05) is 24.3 Å². The van der Waals surface area contributed by atoms with Gasteiger partial charge in [0.1, 0.15) is 0 Å². The van der Waals surface area contributed by atoms with Gasteiger partial charge in [-0.25, -0.2) is 0 Å². The molecule has 0 aliphatic carbocycles. The quantitative estimate of drug-likeness (QED) is 0.476. The lowest BCUT2D eigenvalue weighted by Gasteiger charge is -2.07. The maximum atomic E-state index is 5.50. The van der Waals surface area contributed by atoms with Crippen molar-refractivity contribution in [1.82, 2.24) is 5.43 Å². The summed E-state index contributed by atoms with van der Waals surface area (Å²) in [4.78, 5) is 0. The lowest BCUT2D eigenvalue weighted by Crippen LogP contribution is -2.23. The van der Waals surface area contributed by atoms with E-state index in [2.05, 4.69) is 22.7 Å². The molecule has 1 aromatic carbocycles. The molecule has 0 saturated carbocycles. The first-order chi connectivity index (χ1) is 8.08. The van der Waals surface area contributed by atoms with Gasteiger partial charge in [-0.3, -0.25) is 5.43 Å². The molecular weight excluding hydrogens is 234 g/mol. The first-order valence-electron chi connectivity index (χ1n) is 5.37. The van der Waals surface area contributed by atoms with Crippen LogP contribution >= 0.6 is 12.2 Å². The Morgan fingerprint density at radius 3 is 2.65 bits per heavy atom. The van der Waals surface area contributed by atoms with Crippen molar-refractivity contribution < 1.29 is 4.74 Å². The Balaban J connectivity index is 2.50. The Morgan fingerprint density at radius 2 is 2.12 bits per heavy atom. The van der Waals surface area contributed by atoms with Crippen molar-refractivity contribution in [2.75, 3.05) is 0 Å². The monoisotopic (exact) mass is 251 g/mol. The lowest BCUT2D eigenvalue weighted by atomic mass is 10.1. The van der Waals surface area contributed by atoms with E-state index in [1.54, 1.807) is 6.21 Å². The minimum atomic E-state index is 0.156. The molecule has 0 atom stereocenters. The summed E-state index contributed by atoms with van der Waals surface area (Å²) in [5.74, 6) is 0. The molecule has 5 heteroatoms. The Morgan fingerprint density at radius 1 is 1.47 bits per heavy atom. The SMILES string of the molecule is CC(C)OCc1ccc(C=NNC(N)=S)cc1. The molecule has 3 N–H and O–H groups in total. The highest BCUT2D eigenvalue weighted by Gasteiger charge is 1.96. The molecule has 1 rings (SSSR count). The normalized spacial score (nSPS) is 11.0. The summed E-state index contributed by atoms with van der Waals surface area (Å²) in [6, 6.07) is 7.93. The zero-order valence-corrected chi connectivity index (χ0v) is 10.8. The molecule has 0 bridgehead atoms. The number of hydrogen-bond acceptors (Lipinski definition) is 3. The summed E-state index contributed by atoms with van der Waals surface area (Å²) in [7, 11) is 0. The number of hydrogen-bond donors (Lipinski definition) is 2. The minimum absolute atomic E-state index is 0.156. The second-order valence-electron chi connectivity index (χ2n) is 3.84. The Hall–Kier alpha value is -1.46. The van der Waals surface area contributed by atoms with E-state index in [-0.39, 0.29) is 11.2 Å². The van der Waals surface area contributed by atoms with Gasteiger partial charge in [0.2, 0.25) is 0 Å². The number of ether oxygens (including phenoxy) is 1. The zero-order valence-electron chi connectivity index (χ0n) is 10.0. The predicted octanol–water partition coefficient (Wildman–Crippen LogP) is 1.78. The zero-order chi connectivity index (χ0) is 12.7. The van der Waals surface area contributed by atoms with Gasteiger partial charge in [-0.15, -0.1) is 0 Å². The lowest BCUT2D eigenvalue weighted by molar-refractivity contribution is 0.0657. The van der Waals surface area contributed by atoms with Gasteiger partial charge in [-0.05, 0) is 37.2 Å². The molecule has 0 aromatic heterocycles. The van der Waals surface area contributed by atoms with Gasteiger partial charge < -0.3 is 10.5 Å². The van der Waals surface area contributed by atoms with Crippen LogP contribution in [-0.2, 0) is 11.3 Å². The van der Waals surface area contributed by atoms with Crippen LogP contribution in [0.3, 0.4) is 0 Å². The molecular formula is C12H17N3OS. The van der Waals surface area contributed by atoms with Crippen molar-refractivity contribution >= 4 is 23.5 Å². The molecule has 92 valence electrons. The van der Waals surface area contributed by atoms with Gasteiger partial charge in [0, 0.05) is 0 Å². The van der Waals surface area contributed by atoms with Crippen molar-refractivity contribution in [3.63, 3.8) is 0 Å². The van der Waals surface area contributed by atoms with E-state index < -0.39 is 0 Å². The average Bonchev–Trinajstić information content (AvgIpc) is 2.27. The van der Waals surface area contributed by atoms with Gasteiger partial charge in [0.15, 0.2) is 5.11 Å². The highest BCUT2D eigenvalue weighted by Crippen LogP contribution is 2.05. The summed E-state index contributed by atoms with van der Waals surface area (Å²) < 4.78 is 5.50. The number of nitrogens with zero attached hydrogens (tertiary/aromatic N) is 1. The highest BCUT2D eigenvalue weighted by molar-refractivity contribution is 7.80. The van der Waals surface area contributed by atoms with Crippen LogP contribution in [0.2, 0.25) is 0 Å². The van der Waals surface area contributed by atoms with Crippen LogP contribution in [0.5, 0.6) is 0 Å². The number of nitrogens with one attached hydrogen (secondary N) is 1. The number of rotatable bonds is 5. The van der Waals surface area contributed by atoms with Gasteiger partial charge in [0.05, 0.1) is 18.9 Å². The van der Waals surface area contributed by atoms with Crippen molar-refractivity contribution in [2.45, 2.75) is 26.6 Å². The van der Waals surface area contributed by atoms with Gasteiger partial charge in [0.25, 0.3) is 0 Å². The maximum absolute atomic E-state index is 5.50. The summed E-state index contributed by atoms with van der Waals surface area (Å²) in [5.41, 5.74) is 9.85. The Bertz CT molecular complexity index is 387. The van der Waals surface area contributed by atoms with Crippen LogP contribution in [0.25, 0.3) is 0 Å². The summed E-state index contributed by atoms with van der Waals surface area (Å²) in [5, 5.41) is 4.03. The fourth-order valence-corrected chi connectivity index (χ4v) is 1.19. The van der Waals surface area contributed by atoms with Crippen LogP contribution in [0.4, 0.5) is 0 Å². The third kappa shape index (κ3) is 5.99. The van der Waals surface area contributed by atoms with Crippen LogP contribution in [0.1, 0.15) is 25.0 Å². The molecule has 0 spiro atoms. The van der Waals surface area contributed by atoms with Crippen LogP contribution in [0.15, 0.2) is 29.4 Å². The second kappa shape index (κ2) is 6.98. The fraction of sp³-hybridized carbons (Fsp3) is 0.333. The molecule has 0 amide bonds. The number of hydrazone groups is 1. The van der Waals surface area contributed by atoms with Crippen molar-refractivity contribution in [2.24, 2.45) is 10.8 Å². The molecule has 0 aliphatic heterocycles. The largest absolute Gasteiger partial charge is 0.375 e. The molecule has 0 fully saturated rings. The molecule has 4 nitrogen and oxygen atoms in total. The molecule has 0 aliphatic rings. The topological polar surface area (TPSA) is 59.6 Å². The van der Waals surface area contributed by atoms with Crippen molar-refractivity contribution in [3.05, 3.63) is 35.4 Å². The van der Waals surface area contributed by atoms with Crippen LogP contribution in [0, 0.1) is 0 Å². The van der Waals surface area contributed by atoms with Crippen molar-refractivity contribution in [3.8, 4) is 0 Å². The van der Waals surface area contributed by atoms with E-state index in [1.807, 2.05) is 38.1 Å². The van der Waals surface area contributed by atoms with E-state index in [1.165, 1.54) is 0 Å². The Labute approximate surface area is 107 Å². The molecule has 0 saturated heterocycles. The van der Waals surface area contributed by atoms with E-state index in [0.717, 1.165) is 11.1 Å². The summed E-state index contributed by atoms with van der Waals surface area (Å²) >= 11 is 4.63. The standard InChI is InChI=1S/C12H17N3OS/c1-9(2)16-8-11-5-3-10(4-6-11)7-14-15-12(13)17/h3-7,9H,8H2,1-2H3,(H3,13,15,17). The second-order valence-corrected chi connectivity index (χ2v) is 4.28. The smallest absolute Gasteiger partial charge is 0.184 e. The third-order valence-corrected chi connectivity index (χ3v) is 2.04. The average molecular weight is 251 g/mol. The van der Waals surface area contributed by atoms with E-state index in [9.17, 15) is 0 Å². The van der Waals surface area contributed by atoms with Crippen LogP contribution < -0.4 is 11.2 Å². The van der Waals surface area contributed by atoms with Crippen molar-refractivity contribution in [1.29, 1.82) is 0 Å². The molecule has 0 radical (unpaired) electrons. The fourth-order valence-electron chi connectivity index (χ4n) is 1.13. The maximum Gasteiger partial charge on any atom is 0.184 e. The van der Waals surface area contributed by atoms with E-state index in [4.69, 9.17) is 10.5 Å². The van der Waals surface area contributed by atoms with Gasteiger partial charge in [-0.2, -0.15) is 5.10 Å². The molecule has 17 heavy (non-hydrogen) atoms. The number of nitrogens with two attached hydrogens (primary N) is 1. The number of thiocarbonyl (C=S) groups is 1. The molecule has 0 unspecified atom stereocenters. The minimum Gasteiger partial charge on any atom is -0.375 e. The first-order valence-corrected chi connectivity index (χ1v) is 5.78. The first kappa shape index (κ1) is 13.6. The third-order valence-electron chi connectivity index (χ3n) is 1.95. The molecule has 0 heterocycles. The number of benzene rings is 1. The van der Waals surface area contributed by atoms with E-state index >= 15 is 0 Å². The highest BCUT2D eigenvalue weighted by atomic mass is 32.1. The van der Waals surface area contributed by atoms with E-state index in [0.29, 0.717) is 6.61 Å². The van der Waals surface area contributed by atoms with Gasteiger partial charge >= 0.3 is 0 Å². The molecule has 1 aromatic rings. The summed E-state index contributed by atoms with van der Waals surface area (Å²) in [6.45, 7) is 4.66. The summed E-state index contributed by atoms with van der Waals surface area (Å²) in [6.07, 6.45) is 1.90. The van der Waals surface area contributed by atoms with Crippen LogP contribution in [-0.4, -0.2) is 17.4 Å². The Kier molecular flexibility index (Phi) is 5.59. The predicted molar refractivity (Wildman–Crippen MR) is 73.9 cm³/mol.